The minimum atomic E-state index is -1.07. The maximum absolute atomic E-state index is 12.6. The molecule has 2 aromatic rings. The number of carboxylic acid groups (broad SMARTS) is 1. The van der Waals surface area contributed by atoms with Crippen molar-refractivity contribution >= 4 is 11.9 Å². The van der Waals surface area contributed by atoms with E-state index >= 15 is 0 Å². The molecule has 24 heavy (non-hydrogen) atoms. The van der Waals surface area contributed by atoms with Crippen LogP contribution < -0.4 is 0 Å². The molecule has 1 amide bonds. The van der Waals surface area contributed by atoms with E-state index in [2.05, 4.69) is 0 Å². The van der Waals surface area contributed by atoms with Gasteiger partial charge in [0.2, 0.25) is 0 Å². The highest BCUT2D eigenvalue weighted by Gasteiger charge is 2.21. The van der Waals surface area contributed by atoms with Gasteiger partial charge in [-0.15, -0.1) is 0 Å². The molecule has 0 radical (unpaired) electrons. The topological polar surface area (TPSA) is 77.8 Å². The molecular weight excluding hydrogens is 306 g/mol. The Balaban J connectivity index is 2.26. The highest BCUT2D eigenvalue weighted by atomic mass is 16.4. The van der Waals surface area contributed by atoms with Crippen LogP contribution in [0.5, 0.6) is 5.75 Å². The van der Waals surface area contributed by atoms with Gasteiger partial charge in [-0.2, -0.15) is 0 Å². The van der Waals surface area contributed by atoms with Gasteiger partial charge in [-0.05, 0) is 36.1 Å². The third kappa shape index (κ3) is 4.59. The van der Waals surface area contributed by atoms with Gasteiger partial charge in [-0.1, -0.05) is 43.3 Å². The van der Waals surface area contributed by atoms with Gasteiger partial charge in [-0.25, -0.2) is 0 Å². The Hall–Kier alpha value is -2.82. The lowest BCUT2D eigenvalue weighted by Crippen LogP contribution is -2.36. The van der Waals surface area contributed by atoms with E-state index in [9.17, 15) is 14.7 Å². The van der Waals surface area contributed by atoms with Crippen LogP contribution in [0.25, 0.3) is 0 Å². The smallest absolute Gasteiger partial charge is 0.323 e. The van der Waals surface area contributed by atoms with Crippen molar-refractivity contribution < 1.29 is 19.8 Å². The second-order valence-corrected chi connectivity index (χ2v) is 5.63. The van der Waals surface area contributed by atoms with Crippen molar-refractivity contribution in [2.75, 3.05) is 13.1 Å². The third-order valence-corrected chi connectivity index (χ3v) is 3.65. The largest absolute Gasteiger partial charge is 0.507 e. The number of phenolic OH excluding ortho intramolecular Hbond substituents is 1. The summed E-state index contributed by atoms with van der Waals surface area (Å²) in [6, 6.07) is 14.7. The summed E-state index contributed by atoms with van der Waals surface area (Å²) in [4.78, 5) is 24.8. The van der Waals surface area contributed by atoms with Crippen LogP contribution in [-0.4, -0.2) is 40.1 Å². The summed E-state index contributed by atoms with van der Waals surface area (Å²) in [5, 5.41) is 19.0. The molecule has 2 N–H and O–H groups in total. The molecular formula is C19H21NO4. The lowest BCUT2D eigenvalue weighted by molar-refractivity contribution is -0.137. The van der Waals surface area contributed by atoms with Crippen molar-refractivity contribution in [3.8, 4) is 5.75 Å². The third-order valence-electron chi connectivity index (χ3n) is 3.65. The molecule has 0 saturated heterocycles. The molecule has 0 atom stereocenters. The van der Waals surface area contributed by atoms with Gasteiger partial charge >= 0.3 is 5.97 Å². The SMILES string of the molecule is CCCN(CC(=O)O)C(=O)c1cc(Cc2ccccc2)ccc1O. The second kappa shape index (κ2) is 8.15. The zero-order valence-corrected chi connectivity index (χ0v) is 13.6. The molecule has 5 heteroatoms. The van der Waals surface area contributed by atoms with Gasteiger partial charge in [-0.3, -0.25) is 9.59 Å². The summed E-state index contributed by atoms with van der Waals surface area (Å²) in [5.41, 5.74) is 2.12. The zero-order chi connectivity index (χ0) is 17.5. The Bertz CT molecular complexity index is 713. The summed E-state index contributed by atoms with van der Waals surface area (Å²) >= 11 is 0. The minimum absolute atomic E-state index is 0.136. The Morgan fingerprint density at radius 3 is 2.38 bits per heavy atom. The number of carbonyl (C=O) groups is 2. The van der Waals surface area contributed by atoms with E-state index in [1.165, 1.54) is 11.0 Å². The van der Waals surface area contributed by atoms with Crippen LogP contribution in [0.15, 0.2) is 48.5 Å². The Kier molecular flexibility index (Phi) is 5.95. The number of rotatable bonds is 7. The number of phenols is 1. The van der Waals surface area contributed by atoms with Crippen molar-refractivity contribution in [3.63, 3.8) is 0 Å². The molecule has 2 aromatic carbocycles. The van der Waals surface area contributed by atoms with Gasteiger partial charge in [0.25, 0.3) is 5.91 Å². The van der Waals surface area contributed by atoms with Gasteiger partial charge < -0.3 is 15.1 Å². The van der Waals surface area contributed by atoms with Gasteiger partial charge in [0.05, 0.1) is 5.56 Å². The van der Waals surface area contributed by atoms with E-state index in [0.29, 0.717) is 19.4 Å². The van der Waals surface area contributed by atoms with Crippen LogP contribution in [0.1, 0.15) is 34.8 Å². The number of carboxylic acids is 1. The normalized spacial score (nSPS) is 10.4. The maximum atomic E-state index is 12.6. The molecule has 0 aromatic heterocycles. The second-order valence-electron chi connectivity index (χ2n) is 5.63. The summed E-state index contributed by atoms with van der Waals surface area (Å²) in [6.45, 7) is 1.82. The Morgan fingerprint density at radius 1 is 1.04 bits per heavy atom. The Morgan fingerprint density at radius 2 is 1.75 bits per heavy atom. The van der Waals surface area contributed by atoms with Crippen molar-refractivity contribution in [1.82, 2.24) is 4.90 Å². The van der Waals surface area contributed by atoms with E-state index in [0.717, 1.165) is 11.1 Å². The highest BCUT2D eigenvalue weighted by Crippen LogP contribution is 2.22. The number of hydrogen-bond donors (Lipinski definition) is 2. The lowest BCUT2D eigenvalue weighted by Gasteiger charge is -2.20. The quantitative estimate of drug-likeness (QED) is 0.819. The highest BCUT2D eigenvalue weighted by molar-refractivity contribution is 5.98. The van der Waals surface area contributed by atoms with Crippen molar-refractivity contribution in [1.29, 1.82) is 0 Å². The molecule has 0 aliphatic heterocycles. The van der Waals surface area contributed by atoms with Crippen molar-refractivity contribution in [3.05, 3.63) is 65.2 Å². The van der Waals surface area contributed by atoms with Crippen LogP contribution in [0.3, 0.4) is 0 Å². The first-order valence-corrected chi connectivity index (χ1v) is 7.88. The summed E-state index contributed by atoms with van der Waals surface area (Å²) in [5.74, 6) is -1.67. The molecule has 0 spiro atoms. The molecule has 126 valence electrons. The number of benzene rings is 2. The zero-order valence-electron chi connectivity index (χ0n) is 13.6. The molecule has 0 unspecified atom stereocenters. The minimum Gasteiger partial charge on any atom is -0.507 e. The predicted molar refractivity (Wildman–Crippen MR) is 91.2 cm³/mol. The number of carbonyl (C=O) groups excluding carboxylic acids is 1. The fourth-order valence-corrected chi connectivity index (χ4v) is 2.55. The summed E-state index contributed by atoms with van der Waals surface area (Å²) in [7, 11) is 0. The number of aromatic hydroxyl groups is 1. The fourth-order valence-electron chi connectivity index (χ4n) is 2.55. The van der Waals surface area contributed by atoms with E-state index < -0.39 is 11.9 Å². The van der Waals surface area contributed by atoms with E-state index in [-0.39, 0.29) is 17.9 Å². The van der Waals surface area contributed by atoms with Crippen LogP contribution in [0.2, 0.25) is 0 Å². The molecule has 0 fully saturated rings. The predicted octanol–water partition coefficient (Wildman–Crippen LogP) is 2.92. The summed E-state index contributed by atoms with van der Waals surface area (Å²) < 4.78 is 0. The number of nitrogens with zero attached hydrogens (tertiary/aromatic N) is 1. The first-order chi connectivity index (χ1) is 11.5. The standard InChI is InChI=1S/C19H21NO4/c1-2-10-20(13-18(22)23)19(24)16-12-15(8-9-17(16)21)11-14-6-4-3-5-7-14/h3-9,12,21H,2,10-11,13H2,1H3,(H,22,23). The Labute approximate surface area is 141 Å². The molecule has 2 rings (SSSR count). The maximum Gasteiger partial charge on any atom is 0.323 e. The van der Waals surface area contributed by atoms with Gasteiger partial charge in [0.15, 0.2) is 0 Å². The first kappa shape index (κ1) is 17.5. The molecule has 0 aliphatic rings. The monoisotopic (exact) mass is 327 g/mol. The van der Waals surface area contributed by atoms with Crippen molar-refractivity contribution in [2.45, 2.75) is 19.8 Å². The van der Waals surface area contributed by atoms with Crippen molar-refractivity contribution in [2.24, 2.45) is 0 Å². The van der Waals surface area contributed by atoms with Crippen LogP contribution in [0, 0.1) is 0 Å². The van der Waals surface area contributed by atoms with Crippen LogP contribution in [-0.2, 0) is 11.2 Å². The number of amides is 1. The molecule has 0 heterocycles. The lowest BCUT2D eigenvalue weighted by atomic mass is 10.0. The van der Waals surface area contributed by atoms with Gasteiger partial charge in [0.1, 0.15) is 12.3 Å². The van der Waals surface area contributed by atoms with Crippen LogP contribution >= 0.6 is 0 Å². The van der Waals surface area contributed by atoms with E-state index in [1.807, 2.05) is 37.3 Å². The molecule has 0 saturated carbocycles. The average Bonchev–Trinajstić information content (AvgIpc) is 2.56. The molecule has 0 aliphatic carbocycles. The molecule has 0 bridgehead atoms. The number of aliphatic carboxylic acids is 1. The number of hydrogen-bond acceptors (Lipinski definition) is 3. The first-order valence-electron chi connectivity index (χ1n) is 7.88. The van der Waals surface area contributed by atoms with E-state index in [4.69, 9.17) is 5.11 Å². The molecule has 5 nitrogen and oxygen atoms in total. The van der Waals surface area contributed by atoms with E-state index in [1.54, 1.807) is 12.1 Å². The van der Waals surface area contributed by atoms with Crippen LogP contribution in [0.4, 0.5) is 0 Å². The van der Waals surface area contributed by atoms with Gasteiger partial charge in [0, 0.05) is 6.54 Å². The summed E-state index contributed by atoms with van der Waals surface area (Å²) in [6.07, 6.45) is 1.28. The fraction of sp³-hybridized carbons (Fsp3) is 0.263. The average molecular weight is 327 g/mol.